The van der Waals surface area contributed by atoms with Gasteiger partial charge < -0.3 is 5.73 Å². The van der Waals surface area contributed by atoms with Crippen LogP contribution in [0.25, 0.3) is 0 Å². The third kappa shape index (κ3) is 3.43. The van der Waals surface area contributed by atoms with Crippen molar-refractivity contribution in [3.8, 4) is 0 Å². The Bertz CT molecular complexity index is 296. The second-order valence-electron chi connectivity index (χ2n) is 3.98. The van der Waals surface area contributed by atoms with Crippen LogP contribution in [0.3, 0.4) is 0 Å². The molecule has 0 spiro atoms. The first kappa shape index (κ1) is 11.7. The van der Waals surface area contributed by atoms with Crippen LogP contribution in [-0.2, 0) is 6.42 Å². The minimum absolute atomic E-state index is 0.666. The molecule has 0 aromatic heterocycles. The zero-order chi connectivity index (χ0) is 10.6. The summed E-state index contributed by atoms with van der Waals surface area (Å²) in [7, 11) is 0. The minimum Gasteiger partial charge on any atom is -0.330 e. The van der Waals surface area contributed by atoms with Gasteiger partial charge in [0.05, 0.1) is 0 Å². The first-order valence-electron chi connectivity index (χ1n) is 5.08. The molecule has 0 bridgehead atoms. The van der Waals surface area contributed by atoms with E-state index in [1.165, 1.54) is 15.6 Å². The SMILES string of the molecule is Cc1ccc(CC(C)CCN)c(Br)c1. The first-order valence-corrected chi connectivity index (χ1v) is 5.88. The Balaban J connectivity index is 2.67. The highest BCUT2D eigenvalue weighted by atomic mass is 79.9. The number of rotatable bonds is 4. The molecule has 78 valence electrons. The minimum atomic E-state index is 0.666. The number of benzene rings is 1. The fourth-order valence-electron chi connectivity index (χ4n) is 1.58. The molecule has 0 aliphatic rings. The first-order chi connectivity index (χ1) is 6.63. The maximum absolute atomic E-state index is 5.53. The van der Waals surface area contributed by atoms with Gasteiger partial charge in [-0.25, -0.2) is 0 Å². The molecule has 0 aliphatic carbocycles. The van der Waals surface area contributed by atoms with Gasteiger partial charge in [-0.3, -0.25) is 0 Å². The van der Waals surface area contributed by atoms with Crippen LogP contribution in [0.2, 0.25) is 0 Å². The molecule has 2 heteroatoms. The summed E-state index contributed by atoms with van der Waals surface area (Å²) in [6.07, 6.45) is 2.21. The largest absolute Gasteiger partial charge is 0.330 e. The topological polar surface area (TPSA) is 26.0 Å². The maximum Gasteiger partial charge on any atom is 0.0210 e. The van der Waals surface area contributed by atoms with Gasteiger partial charge in [0.2, 0.25) is 0 Å². The van der Waals surface area contributed by atoms with Gasteiger partial charge in [-0.15, -0.1) is 0 Å². The summed E-state index contributed by atoms with van der Waals surface area (Å²) in [5, 5.41) is 0. The van der Waals surface area contributed by atoms with Crippen molar-refractivity contribution in [1.82, 2.24) is 0 Å². The van der Waals surface area contributed by atoms with Gasteiger partial charge in [0.15, 0.2) is 0 Å². The van der Waals surface area contributed by atoms with Gasteiger partial charge >= 0.3 is 0 Å². The van der Waals surface area contributed by atoms with Crippen molar-refractivity contribution in [2.45, 2.75) is 26.7 Å². The van der Waals surface area contributed by atoms with E-state index in [1.807, 2.05) is 0 Å². The molecule has 1 unspecified atom stereocenters. The normalized spacial score (nSPS) is 12.9. The van der Waals surface area contributed by atoms with Crippen molar-refractivity contribution in [1.29, 1.82) is 0 Å². The standard InChI is InChI=1S/C12H18BrN/c1-9-3-4-11(12(13)8-9)7-10(2)5-6-14/h3-4,8,10H,5-7,14H2,1-2H3. The summed E-state index contributed by atoms with van der Waals surface area (Å²) in [6.45, 7) is 5.14. The summed E-state index contributed by atoms with van der Waals surface area (Å²) in [5.41, 5.74) is 8.22. The molecular formula is C12H18BrN. The van der Waals surface area contributed by atoms with Crippen LogP contribution in [0.15, 0.2) is 22.7 Å². The van der Waals surface area contributed by atoms with Gasteiger partial charge in [0, 0.05) is 4.47 Å². The van der Waals surface area contributed by atoms with Crippen molar-refractivity contribution < 1.29 is 0 Å². The van der Waals surface area contributed by atoms with Crippen molar-refractivity contribution in [2.24, 2.45) is 11.7 Å². The Hall–Kier alpha value is -0.340. The van der Waals surface area contributed by atoms with Gasteiger partial charge in [0.25, 0.3) is 0 Å². The Morgan fingerprint density at radius 2 is 2.14 bits per heavy atom. The second-order valence-corrected chi connectivity index (χ2v) is 4.84. The third-order valence-electron chi connectivity index (χ3n) is 2.44. The molecular weight excluding hydrogens is 238 g/mol. The monoisotopic (exact) mass is 255 g/mol. The van der Waals surface area contributed by atoms with Crippen LogP contribution < -0.4 is 5.73 Å². The molecule has 0 amide bonds. The highest BCUT2D eigenvalue weighted by molar-refractivity contribution is 9.10. The van der Waals surface area contributed by atoms with Crippen molar-refractivity contribution in [3.05, 3.63) is 33.8 Å². The number of nitrogens with two attached hydrogens (primary N) is 1. The molecule has 0 fully saturated rings. The summed E-state index contributed by atoms with van der Waals surface area (Å²) >= 11 is 3.60. The van der Waals surface area contributed by atoms with E-state index in [4.69, 9.17) is 5.73 Å². The van der Waals surface area contributed by atoms with Crippen LogP contribution in [0.1, 0.15) is 24.5 Å². The molecule has 0 saturated carbocycles. The number of halogens is 1. The molecule has 1 aromatic carbocycles. The van der Waals surface area contributed by atoms with Crippen LogP contribution in [0.5, 0.6) is 0 Å². The number of hydrogen-bond donors (Lipinski definition) is 1. The van der Waals surface area contributed by atoms with Crippen molar-refractivity contribution in [2.75, 3.05) is 6.54 Å². The van der Waals surface area contributed by atoms with E-state index in [0.717, 1.165) is 19.4 Å². The summed E-state index contributed by atoms with van der Waals surface area (Å²) in [4.78, 5) is 0. The van der Waals surface area contributed by atoms with E-state index in [9.17, 15) is 0 Å². The molecule has 0 aliphatic heterocycles. The van der Waals surface area contributed by atoms with Gasteiger partial charge in [0.1, 0.15) is 0 Å². The lowest BCUT2D eigenvalue weighted by atomic mass is 9.97. The second kappa shape index (κ2) is 5.52. The smallest absolute Gasteiger partial charge is 0.0210 e. The Morgan fingerprint density at radius 3 is 2.71 bits per heavy atom. The van der Waals surface area contributed by atoms with Gasteiger partial charge in [-0.1, -0.05) is 35.0 Å². The molecule has 1 atom stereocenters. The number of hydrogen-bond acceptors (Lipinski definition) is 1. The Labute approximate surface area is 94.8 Å². The fourth-order valence-corrected chi connectivity index (χ4v) is 2.24. The summed E-state index contributed by atoms with van der Waals surface area (Å²) in [6, 6.07) is 6.53. The zero-order valence-electron chi connectivity index (χ0n) is 8.89. The fraction of sp³-hybridized carbons (Fsp3) is 0.500. The Kier molecular flexibility index (Phi) is 4.63. The summed E-state index contributed by atoms with van der Waals surface area (Å²) < 4.78 is 1.22. The lowest BCUT2D eigenvalue weighted by Crippen LogP contribution is -2.08. The Morgan fingerprint density at radius 1 is 1.43 bits per heavy atom. The van der Waals surface area contributed by atoms with Crippen LogP contribution >= 0.6 is 15.9 Å². The van der Waals surface area contributed by atoms with Gasteiger partial charge in [-0.05, 0) is 49.4 Å². The van der Waals surface area contributed by atoms with Crippen molar-refractivity contribution in [3.63, 3.8) is 0 Å². The molecule has 0 saturated heterocycles. The third-order valence-corrected chi connectivity index (χ3v) is 3.17. The van der Waals surface area contributed by atoms with Crippen LogP contribution in [-0.4, -0.2) is 6.54 Å². The lowest BCUT2D eigenvalue weighted by molar-refractivity contribution is 0.537. The van der Waals surface area contributed by atoms with Gasteiger partial charge in [-0.2, -0.15) is 0 Å². The molecule has 1 rings (SSSR count). The lowest BCUT2D eigenvalue weighted by Gasteiger charge is -2.11. The van der Waals surface area contributed by atoms with E-state index >= 15 is 0 Å². The quantitative estimate of drug-likeness (QED) is 0.878. The molecule has 1 nitrogen and oxygen atoms in total. The van der Waals surface area contributed by atoms with E-state index in [2.05, 4.69) is 48.0 Å². The number of aryl methyl sites for hydroxylation is 1. The van der Waals surface area contributed by atoms with Crippen LogP contribution in [0, 0.1) is 12.8 Å². The molecule has 1 aromatic rings. The van der Waals surface area contributed by atoms with E-state index < -0.39 is 0 Å². The predicted octanol–water partition coefficient (Wildman–Crippen LogP) is 3.28. The highest BCUT2D eigenvalue weighted by Gasteiger charge is 2.05. The molecule has 2 N–H and O–H groups in total. The van der Waals surface area contributed by atoms with E-state index in [-0.39, 0.29) is 0 Å². The average molecular weight is 256 g/mol. The highest BCUT2D eigenvalue weighted by Crippen LogP contribution is 2.22. The molecule has 14 heavy (non-hydrogen) atoms. The molecule has 0 heterocycles. The van der Waals surface area contributed by atoms with E-state index in [0.29, 0.717) is 5.92 Å². The van der Waals surface area contributed by atoms with E-state index in [1.54, 1.807) is 0 Å². The summed E-state index contributed by atoms with van der Waals surface area (Å²) in [5.74, 6) is 0.666. The van der Waals surface area contributed by atoms with Crippen LogP contribution in [0.4, 0.5) is 0 Å². The molecule has 0 radical (unpaired) electrons. The van der Waals surface area contributed by atoms with Crippen molar-refractivity contribution >= 4 is 15.9 Å². The predicted molar refractivity (Wildman–Crippen MR) is 65.4 cm³/mol. The average Bonchev–Trinajstić information content (AvgIpc) is 2.10. The zero-order valence-corrected chi connectivity index (χ0v) is 10.5. The maximum atomic E-state index is 5.53.